The van der Waals surface area contributed by atoms with Crippen molar-refractivity contribution in [1.29, 1.82) is 0 Å². The van der Waals surface area contributed by atoms with Crippen LogP contribution in [-0.4, -0.2) is 43.4 Å². The van der Waals surface area contributed by atoms with Gasteiger partial charge in [0.15, 0.2) is 0 Å². The predicted molar refractivity (Wildman–Crippen MR) is 98.5 cm³/mol. The van der Waals surface area contributed by atoms with Gasteiger partial charge in [-0.2, -0.15) is 0 Å². The second-order valence-corrected chi connectivity index (χ2v) is 6.21. The number of carbonyl (C=O) groups excluding carboxylic acids is 3. The monoisotopic (exact) mass is 368 g/mol. The van der Waals surface area contributed by atoms with E-state index >= 15 is 0 Å². The van der Waals surface area contributed by atoms with Gasteiger partial charge in [0.05, 0.1) is 25.6 Å². The third-order valence-corrected chi connectivity index (χ3v) is 4.32. The van der Waals surface area contributed by atoms with Gasteiger partial charge in [0.1, 0.15) is 11.9 Å². The molecule has 0 radical (unpaired) electrons. The second-order valence-electron chi connectivity index (χ2n) is 6.21. The van der Waals surface area contributed by atoms with Crippen molar-refractivity contribution in [1.82, 2.24) is 4.90 Å². The van der Waals surface area contributed by atoms with Crippen LogP contribution < -0.4 is 10.1 Å². The fraction of sp³-hybridized carbons (Fsp3) is 0.250. The molecule has 1 aliphatic rings. The number of cyclic esters (lactones) is 1. The van der Waals surface area contributed by atoms with Crippen LogP contribution in [0.5, 0.6) is 5.75 Å². The first-order valence-corrected chi connectivity index (χ1v) is 8.45. The Kier molecular flexibility index (Phi) is 5.40. The number of hydrogen-bond donors (Lipinski definition) is 1. The van der Waals surface area contributed by atoms with E-state index in [4.69, 9.17) is 9.47 Å². The summed E-state index contributed by atoms with van der Waals surface area (Å²) in [5, 5.41) is 2.72. The second kappa shape index (κ2) is 7.90. The van der Waals surface area contributed by atoms with Gasteiger partial charge in [0.2, 0.25) is 11.8 Å². The molecule has 0 aliphatic carbocycles. The summed E-state index contributed by atoms with van der Waals surface area (Å²) in [4.78, 5) is 37.7. The molecule has 0 saturated carbocycles. The molecule has 1 aliphatic heterocycles. The third-order valence-electron chi connectivity index (χ3n) is 4.32. The minimum atomic E-state index is -0.617. The fourth-order valence-corrected chi connectivity index (χ4v) is 2.86. The van der Waals surface area contributed by atoms with Crippen molar-refractivity contribution in [3.05, 3.63) is 59.7 Å². The Morgan fingerprint density at radius 2 is 1.85 bits per heavy atom. The van der Waals surface area contributed by atoms with Crippen molar-refractivity contribution >= 4 is 23.5 Å². The van der Waals surface area contributed by atoms with E-state index < -0.39 is 12.1 Å². The maximum absolute atomic E-state index is 12.4. The summed E-state index contributed by atoms with van der Waals surface area (Å²) in [6.07, 6.45) is -0.622. The lowest BCUT2D eigenvalue weighted by molar-refractivity contribution is -0.135. The maximum atomic E-state index is 12.4. The summed E-state index contributed by atoms with van der Waals surface area (Å²) in [7, 11) is 3.10. The molecule has 1 N–H and O–H groups in total. The molecule has 0 saturated heterocycles. The van der Waals surface area contributed by atoms with Gasteiger partial charge in [-0.1, -0.05) is 18.2 Å². The highest BCUT2D eigenvalue weighted by Crippen LogP contribution is 2.33. The van der Waals surface area contributed by atoms with E-state index in [1.165, 1.54) is 4.90 Å². The van der Waals surface area contributed by atoms with Crippen LogP contribution in [-0.2, 0) is 14.3 Å². The number of esters is 1. The molecule has 7 heteroatoms. The minimum Gasteiger partial charge on any atom is -0.497 e. The molecule has 1 heterocycles. The average Bonchev–Trinajstić information content (AvgIpc) is 2.98. The van der Waals surface area contributed by atoms with Gasteiger partial charge < -0.3 is 19.7 Å². The third kappa shape index (κ3) is 4.25. The highest BCUT2D eigenvalue weighted by molar-refractivity contribution is 5.96. The number of likely N-dealkylation sites (N-methyl/N-ethyl adjacent to an activating group) is 1. The highest BCUT2D eigenvalue weighted by atomic mass is 16.5. The summed E-state index contributed by atoms with van der Waals surface area (Å²) >= 11 is 0. The number of nitrogens with one attached hydrogen (secondary N) is 1. The molecule has 7 nitrogen and oxygen atoms in total. The Labute approximate surface area is 156 Å². The lowest BCUT2D eigenvalue weighted by Gasteiger charge is -2.19. The van der Waals surface area contributed by atoms with E-state index in [9.17, 15) is 14.4 Å². The maximum Gasteiger partial charge on any atom is 0.339 e. The molecule has 2 amide bonds. The molecule has 0 unspecified atom stereocenters. The van der Waals surface area contributed by atoms with E-state index in [2.05, 4.69) is 5.32 Å². The van der Waals surface area contributed by atoms with Gasteiger partial charge in [-0.15, -0.1) is 0 Å². The first kappa shape index (κ1) is 18.4. The Bertz CT molecular complexity index is 863. The van der Waals surface area contributed by atoms with Crippen molar-refractivity contribution in [2.45, 2.75) is 12.5 Å². The van der Waals surface area contributed by atoms with Crippen LogP contribution in [0.25, 0.3) is 0 Å². The van der Waals surface area contributed by atoms with Crippen LogP contribution in [0.4, 0.5) is 5.69 Å². The molecule has 0 fully saturated rings. The van der Waals surface area contributed by atoms with Gasteiger partial charge in [0, 0.05) is 18.3 Å². The van der Waals surface area contributed by atoms with Crippen LogP contribution in [0.1, 0.15) is 28.4 Å². The summed E-state index contributed by atoms with van der Waals surface area (Å²) in [5.74, 6) is -0.343. The minimum absolute atomic E-state index is 0.00489. The molecule has 0 bridgehead atoms. The van der Waals surface area contributed by atoms with Crippen LogP contribution in [0.15, 0.2) is 48.5 Å². The van der Waals surface area contributed by atoms with Gasteiger partial charge >= 0.3 is 5.97 Å². The molecule has 140 valence electrons. The predicted octanol–water partition coefficient (Wildman–Crippen LogP) is 2.39. The van der Waals surface area contributed by atoms with E-state index in [0.717, 1.165) is 0 Å². The molecule has 3 rings (SSSR count). The largest absolute Gasteiger partial charge is 0.497 e. The zero-order valence-electron chi connectivity index (χ0n) is 15.1. The van der Waals surface area contributed by atoms with Crippen LogP contribution in [0, 0.1) is 0 Å². The molecule has 0 aromatic heterocycles. The number of rotatable bonds is 6. The van der Waals surface area contributed by atoms with Crippen LogP contribution in [0.3, 0.4) is 0 Å². The standard InChI is InChI=1S/C20H20N2O5/c1-22(12-18(23)21-13-7-9-14(26-2)10-8-13)19(24)11-17-15-5-3-4-6-16(15)20(25)27-17/h3-10,17H,11-12H2,1-2H3,(H,21,23)/t17-/m0/s1. The topological polar surface area (TPSA) is 84.9 Å². The first-order valence-electron chi connectivity index (χ1n) is 8.45. The lowest BCUT2D eigenvalue weighted by Crippen LogP contribution is -2.35. The fourth-order valence-electron chi connectivity index (χ4n) is 2.86. The SMILES string of the molecule is COc1ccc(NC(=O)CN(C)C(=O)C[C@@H]2OC(=O)c3ccccc32)cc1. The number of anilines is 1. The van der Waals surface area contributed by atoms with E-state index in [-0.39, 0.29) is 24.8 Å². The van der Waals surface area contributed by atoms with Crippen molar-refractivity contribution in [2.24, 2.45) is 0 Å². The summed E-state index contributed by atoms with van der Waals surface area (Å²) in [6.45, 7) is -0.104. The number of fused-ring (bicyclic) bond motifs is 1. The average molecular weight is 368 g/mol. The van der Waals surface area contributed by atoms with Crippen molar-refractivity contribution in [3.8, 4) is 5.75 Å². The lowest BCUT2D eigenvalue weighted by atomic mass is 10.0. The highest BCUT2D eigenvalue weighted by Gasteiger charge is 2.32. The van der Waals surface area contributed by atoms with Gasteiger partial charge in [0.25, 0.3) is 0 Å². The van der Waals surface area contributed by atoms with Gasteiger partial charge in [-0.25, -0.2) is 4.79 Å². The Balaban J connectivity index is 1.54. The normalized spacial score (nSPS) is 14.9. The molecule has 2 aromatic rings. The molecule has 27 heavy (non-hydrogen) atoms. The Hall–Kier alpha value is -3.35. The quantitative estimate of drug-likeness (QED) is 0.792. The van der Waals surface area contributed by atoms with Crippen molar-refractivity contribution in [2.75, 3.05) is 26.0 Å². The van der Waals surface area contributed by atoms with Crippen LogP contribution in [0.2, 0.25) is 0 Å². The molecular weight excluding hydrogens is 348 g/mol. The Morgan fingerprint density at radius 3 is 2.56 bits per heavy atom. The van der Waals surface area contributed by atoms with Gasteiger partial charge in [-0.05, 0) is 30.3 Å². The zero-order chi connectivity index (χ0) is 19.4. The van der Waals surface area contributed by atoms with E-state index in [1.54, 1.807) is 62.7 Å². The summed E-state index contributed by atoms with van der Waals surface area (Å²) < 4.78 is 10.3. The number of amides is 2. The molecular formula is C20H20N2O5. The number of nitrogens with zero attached hydrogens (tertiary/aromatic N) is 1. The molecule has 2 aromatic carbocycles. The number of hydrogen-bond acceptors (Lipinski definition) is 5. The number of ether oxygens (including phenoxy) is 2. The van der Waals surface area contributed by atoms with Crippen molar-refractivity contribution < 1.29 is 23.9 Å². The number of methoxy groups -OCH3 is 1. The number of benzene rings is 2. The number of carbonyl (C=O) groups is 3. The summed E-state index contributed by atoms with van der Waals surface area (Å²) in [5.41, 5.74) is 1.79. The summed E-state index contributed by atoms with van der Waals surface area (Å²) in [6, 6.07) is 13.9. The first-order chi connectivity index (χ1) is 13.0. The van der Waals surface area contributed by atoms with Crippen LogP contribution >= 0.6 is 0 Å². The zero-order valence-corrected chi connectivity index (χ0v) is 15.1. The smallest absolute Gasteiger partial charge is 0.339 e. The van der Waals surface area contributed by atoms with Crippen molar-refractivity contribution in [3.63, 3.8) is 0 Å². The van der Waals surface area contributed by atoms with E-state index in [0.29, 0.717) is 22.6 Å². The van der Waals surface area contributed by atoms with E-state index in [1.807, 2.05) is 0 Å². The van der Waals surface area contributed by atoms with Gasteiger partial charge in [-0.3, -0.25) is 9.59 Å². The molecule has 0 spiro atoms. The Morgan fingerprint density at radius 1 is 1.15 bits per heavy atom. The molecule has 1 atom stereocenters.